The maximum Gasteiger partial charge on any atom is 0.261 e. The summed E-state index contributed by atoms with van der Waals surface area (Å²) in [6, 6.07) is 4.39. The van der Waals surface area contributed by atoms with Crippen LogP contribution < -0.4 is 19.7 Å². The highest BCUT2D eigenvalue weighted by atomic mass is 32.2. The smallest absolute Gasteiger partial charge is 0.261 e. The summed E-state index contributed by atoms with van der Waals surface area (Å²) < 4.78 is 34.3. The number of carbonyl (C=O) groups is 1. The number of amides is 1. The Kier molecular flexibility index (Phi) is 4.15. The molecule has 0 spiro atoms. The standard InChI is InChI=1S/C12H16N2O5S/c1-18-9-5-6-10(19-2)11(7-9)20(16,17)14-13-12(15)8-3-4-8/h5-8,14H,3-4H2,1-2H3,(H,13,15). The average Bonchev–Trinajstić information content (AvgIpc) is 3.28. The molecule has 1 amide bonds. The first-order chi connectivity index (χ1) is 9.47. The minimum Gasteiger partial charge on any atom is -0.497 e. The predicted molar refractivity (Wildman–Crippen MR) is 70.7 cm³/mol. The van der Waals surface area contributed by atoms with E-state index in [0.717, 1.165) is 12.8 Å². The third-order valence-electron chi connectivity index (χ3n) is 2.92. The van der Waals surface area contributed by atoms with Gasteiger partial charge in [0.2, 0.25) is 5.91 Å². The number of ether oxygens (including phenoxy) is 2. The zero-order valence-electron chi connectivity index (χ0n) is 11.2. The van der Waals surface area contributed by atoms with Crippen molar-refractivity contribution in [2.75, 3.05) is 14.2 Å². The molecule has 110 valence electrons. The Labute approximate surface area is 117 Å². The van der Waals surface area contributed by atoms with Gasteiger partial charge >= 0.3 is 0 Å². The molecule has 1 aromatic carbocycles. The third kappa shape index (κ3) is 3.20. The summed E-state index contributed by atoms with van der Waals surface area (Å²) in [4.78, 5) is 13.4. The number of carbonyl (C=O) groups excluding carboxylic acids is 1. The van der Waals surface area contributed by atoms with Gasteiger partial charge in [-0.2, -0.15) is 0 Å². The average molecular weight is 300 g/mol. The zero-order valence-corrected chi connectivity index (χ0v) is 12.0. The largest absolute Gasteiger partial charge is 0.497 e. The first-order valence-corrected chi connectivity index (χ1v) is 7.50. The van der Waals surface area contributed by atoms with E-state index in [9.17, 15) is 13.2 Å². The van der Waals surface area contributed by atoms with Gasteiger partial charge in [0, 0.05) is 12.0 Å². The van der Waals surface area contributed by atoms with Crippen molar-refractivity contribution in [1.29, 1.82) is 0 Å². The first-order valence-electron chi connectivity index (χ1n) is 6.01. The highest BCUT2D eigenvalue weighted by Gasteiger charge is 2.31. The second-order valence-electron chi connectivity index (χ2n) is 4.39. The Morgan fingerprint density at radius 1 is 1.25 bits per heavy atom. The van der Waals surface area contributed by atoms with Crippen molar-refractivity contribution in [3.8, 4) is 11.5 Å². The number of nitrogens with one attached hydrogen (secondary N) is 2. The SMILES string of the molecule is COc1ccc(OC)c(S(=O)(=O)NNC(=O)C2CC2)c1. The van der Waals surface area contributed by atoms with Gasteiger partial charge in [-0.1, -0.05) is 0 Å². The van der Waals surface area contributed by atoms with Gasteiger partial charge < -0.3 is 9.47 Å². The van der Waals surface area contributed by atoms with E-state index < -0.39 is 10.0 Å². The van der Waals surface area contributed by atoms with E-state index in [-0.39, 0.29) is 22.5 Å². The summed E-state index contributed by atoms with van der Waals surface area (Å²) in [6.45, 7) is 0. The molecular weight excluding hydrogens is 284 g/mol. The minimum atomic E-state index is -3.92. The molecule has 1 aliphatic carbocycles. The molecule has 2 rings (SSSR count). The van der Waals surface area contributed by atoms with Crippen LogP contribution in [-0.2, 0) is 14.8 Å². The highest BCUT2D eigenvalue weighted by Crippen LogP contribution is 2.29. The molecule has 0 heterocycles. The number of hydrogen-bond acceptors (Lipinski definition) is 5. The van der Waals surface area contributed by atoms with Crippen LogP contribution in [0.3, 0.4) is 0 Å². The summed E-state index contributed by atoms with van der Waals surface area (Å²) in [7, 11) is -1.13. The van der Waals surface area contributed by atoms with Gasteiger partial charge in [-0.15, -0.1) is 4.83 Å². The lowest BCUT2D eigenvalue weighted by atomic mass is 10.3. The second-order valence-corrected chi connectivity index (χ2v) is 6.04. The van der Waals surface area contributed by atoms with Gasteiger partial charge in [-0.3, -0.25) is 10.2 Å². The van der Waals surface area contributed by atoms with Crippen molar-refractivity contribution in [2.45, 2.75) is 17.7 Å². The second kappa shape index (κ2) is 5.68. The van der Waals surface area contributed by atoms with Crippen LogP contribution >= 0.6 is 0 Å². The molecule has 0 aromatic heterocycles. The first kappa shape index (κ1) is 14.6. The van der Waals surface area contributed by atoms with Crippen LogP contribution in [0.4, 0.5) is 0 Å². The molecule has 0 unspecified atom stereocenters. The van der Waals surface area contributed by atoms with Gasteiger partial charge in [0.1, 0.15) is 16.4 Å². The molecule has 0 atom stereocenters. The topological polar surface area (TPSA) is 93.7 Å². The lowest BCUT2D eigenvalue weighted by molar-refractivity contribution is -0.122. The Balaban J connectivity index is 2.20. The maximum absolute atomic E-state index is 12.2. The van der Waals surface area contributed by atoms with Crippen LogP contribution in [0.25, 0.3) is 0 Å². The lowest BCUT2D eigenvalue weighted by Gasteiger charge is -2.12. The monoisotopic (exact) mass is 300 g/mol. The maximum atomic E-state index is 12.2. The molecular formula is C12H16N2O5S. The van der Waals surface area contributed by atoms with Crippen LogP contribution in [0.2, 0.25) is 0 Å². The van der Waals surface area contributed by atoms with Gasteiger partial charge in [-0.25, -0.2) is 8.42 Å². The summed E-state index contributed by atoms with van der Waals surface area (Å²) in [6.07, 6.45) is 1.58. The quantitative estimate of drug-likeness (QED) is 0.743. The van der Waals surface area contributed by atoms with E-state index in [1.54, 1.807) is 6.07 Å². The number of benzene rings is 1. The lowest BCUT2D eigenvalue weighted by Crippen LogP contribution is -2.42. The highest BCUT2D eigenvalue weighted by molar-refractivity contribution is 7.89. The number of hydrogen-bond donors (Lipinski definition) is 2. The van der Waals surface area contributed by atoms with Crippen molar-refractivity contribution in [1.82, 2.24) is 10.3 Å². The third-order valence-corrected chi connectivity index (χ3v) is 4.19. The van der Waals surface area contributed by atoms with Crippen molar-refractivity contribution >= 4 is 15.9 Å². The fourth-order valence-corrected chi connectivity index (χ4v) is 2.65. The minimum absolute atomic E-state index is 0.0927. The summed E-state index contributed by atoms with van der Waals surface area (Å²) in [5.74, 6) is 0.124. The van der Waals surface area contributed by atoms with Crippen molar-refractivity contribution in [2.24, 2.45) is 5.92 Å². The molecule has 7 nitrogen and oxygen atoms in total. The molecule has 1 saturated carbocycles. The van der Waals surface area contributed by atoms with Crippen molar-refractivity contribution in [3.05, 3.63) is 18.2 Å². The normalized spacial score (nSPS) is 14.7. The molecule has 1 aliphatic rings. The Morgan fingerprint density at radius 3 is 2.50 bits per heavy atom. The molecule has 20 heavy (non-hydrogen) atoms. The van der Waals surface area contributed by atoms with E-state index in [4.69, 9.17) is 9.47 Å². The number of sulfonamides is 1. The van der Waals surface area contributed by atoms with Crippen LogP contribution in [0.15, 0.2) is 23.1 Å². The fourth-order valence-electron chi connectivity index (χ4n) is 1.61. The zero-order chi connectivity index (χ0) is 14.8. The van der Waals surface area contributed by atoms with Crippen molar-refractivity contribution in [3.63, 3.8) is 0 Å². The summed E-state index contributed by atoms with van der Waals surface area (Å²) in [5, 5.41) is 0. The van der Waals surface area contributed by atoms with E-state index in [2.05, 4.69) is 10.3 Å². The molecule has 0 saturated heterocycles. The van der Waals surface area contributed by atoms with E-state index in [1.807, 2.05) is 0 Å². The molecule has 0 aliphatic heterocycles. The van der Waals surface area contributed by atoms with Crippen LogP contribution in [-0.4, -0.2) is 28.5 Å². The molecule has 2 N–H and O–H groups in total. The van der Waals surface area contributed by atoms with E-state index in [1.165, 1.54) is 26.4 Å². The van der Waals surface area contributed by atoms with Crippen molar-refractivity contribution < 1.29 is 22.7 Å². The van der Waals surface area contributed by atoms with Crippen LogP contribution in [0.1, 0.15) is 12.8 Å². The molecule has 1 aromatic rings. The Hall–Kier alpha value is -1.80. The number of rotatable bonds is 6. The van der Waals surface area contributed by atoms with Gasteiger partial charge in [0.05, 0.1) is 14.2 Å². The Bertz CT molecular complexity index is 610. The van der Waals surface area contributed by atoms with Crippen LogP contribution in [0, 0.1) is 5.92 Å². The van der Waals surface area contributed by atoms with Gasteiger partial charge in [0.25, 0.3) is 10.0 Å². The molecule has 8 heteroatoms. The fraction of sp³-hybridized carbons (Fsp3) is 0.417. The number of hydrazine groups is 1. The predicted octanol–water partition coefficient (Wildman–Crippen LogP) is 0.423. The summed E-state index contributed by atoms with van der Waals surface area (Å²) in [5.41, 5.74) is 2.20. The molecule has 0 radical (unpaired) electrons. The van der Waals surface area contributed by atoms with E-state index in [0.29, 0.717) is 5.75 Å². The van der Waals surface area contributed by atoms with Gasteiger partial charge in [0.15, 0.2) is 0 Å². The summed E-state index contributed by atoms with van der Waals surface area (Å²) >= 11 is 0. The van der Waals surface area contributed by atoms with E-state index >= 15 is 0 Å². The Morgan fingerprint density at radius 2 is 1.95 bits per heavy atom. The molecule has 0 bridgehead atoms. The van der Waals surface area contributed by atoms with Crippen LogP contribution in [0.5, 0.6) is 11.5 Å². The number of methoxy groups -OCH3 is 2. The molecule has 1 fully saturated rings. The van der Waals surface area contributed by atoms with Gasteiger partial charge in [-0.05, 0) is 25.0 Å².